The van der Waals surface area contributed by atoms with Gasteiger partial charge in [-0.2, -0.15) is 13.2 Å². The number of likely N-dealkylation sites (tertiary alicyclic amines) is 1. The molecule has 1 aliphatic rings. The van der Waals surface area contributed by atoms with E-state index in [9.17, 15) is 18.0 Å². The number of fused-ring (bicyclic) bond motifs is 1. The van der Waals surface area contributed by atoms with Crippen molar-refractivity contribution in [2.75, 3.05) is 25.0 Å². The van der Waals surface area contributed by atoms with Gasteiger partial charge in [0.15, 0.2) is 5.76 Å². The molecule has 0 radical (unpaired) electrons. The fourth-order valence-corrected chi connectivity index (χ4v) is 3.79. The summed E-state index contributed by atoms with van der Waals surface area (Å²) in [5.74, 6) is 0.731. The van der Waals surface area contributed by atoms with Gasteiger partial charge in [0.05, 0.1) is 12.1 Å². The molecule has 0 atom stereocenters. The van der Waals surface area contributed by atoms with Crippen LogP contribution >= 0.6 is 0 Å². The average Bonchev–Trinajstić information content (AvgIpc) is 3.18. The summed E-state index contributed by atoms with van der Waals surface area (Å²) in [5.41, 5.74) is 1.67. The molecule has 1 amide bonds. The normalized spacial score (nSPS) is 16.0. The number of halogens is 3. The molecule has 0 spiro atoms. The highest BCUT2D eigenvalue weighted by Crippen LogP contribution is 2.27. The summed E-state index contributed by atoms with van der Waals surface area (Å²) in [6, 6.07) is 9.46. The van der Waals surface area contributed by atoms with Crippen LogP contribution in [0.2, 0.25) is 0 Å². The maximum atomic E-state index is 12.6. The molecule has 2 aromatic heterocycles. The zero-order valence-electron chi connectivity index (χ0n) is 17.1. The number of anilines is 1. The van der Waals surface area contributed by atoms with Gasteiger partial charge in [-0.15, -0.1) is 0 Å². The number of aryl methyl sites for hydroxylation is 1. The molecule has 1 aromatic carbocycles. The monoisotopic (exact) mass is 432 g/mol. The van der Waals surface area contributed by atoms with Crippen molar-refractivity contribution in [1.82, 2.24) is 15.0 Å². The summed E-state index contributed by atoms with van der Waals surface area (Å²) in [6.45, 7) is 2.81. The number of hydrogen-bond donors (Lipinski definition) is 1. The quantitative estimate of drug-likeness (QED) is 0.627. The first-order chi connectivity index (χ1) is 14.8. The number of carbonyl (C=O) groups is 1. The van der Waals surface area contributed by atoms with Crippen LogP contribution in [0.25, 0.3) is 22.1 Å². The van der Waals surface area contributed by atoms with Crippen LogP contribution in [0.4, 0.5) is 19.0 Å². The largest absolute Gasteiger partial charge is 0.390 e. The van der Waals surface area contributed by atoms with Crippen molar-refractivity contribution in [2.45, 2.75) is 32.4 Å². The molecular formula is C22H23F3N4O2. The fraction of sp³-hybridized carbons (Fsp3) is 0.409. The van der Waals surface area contributed by atoms with Gasteiger partial charge in [0.2, 0.25) is 5.91 Å². The van der Waals surface area contributed by atoms with Gasteiger partial charge in [0.1, 0.15) is 5.82 Å². The predicted octanol–water partition coefficient (Wildman–Crippen LogP) is 4.80. The van der Waals surface area contributed by atoms with E-state index in [0.717, 1.165) is 22.0 Å². The smallest absolute Gasteiger partial charge is 0.356 e. The average molecular weight is 432 g/mol. The van der Waals surface area contributed by atoms with Crippen molar-refractivity contribution in [3.8, 4) is 11.3 Å². The first-order valence-corrected chi connectivity index (χ1v) is 10.2. The van der Waals surface area contributed by atoms with Crippen LogP contribution in [0.15, 0.2) is 41.1 Å². The second-order valence-corrected chi connectivity index (χ2v) is 7.93. The van der Waals surface area contributed by atoms with Crippen molar-refractivity contribution >= 4 is 22.5 Å². The maximum absolute atomic E-state index is 12.6. The number of nitrogens with zero attached hydrogens (tertiary/aromatic N) is 3. The Morgan fingerprint density at radius 1 is 1.19 bits per heavy atom. The molecule has 31 heavy (non-hydrogen) atoms. The number of benzene rings is 1. The Morgan fingerprint density at radius 3 is 2.65 bits per heavy atom. The topological polar surface area (TPSA) is 71.3 Å². The third-order valence-electron chi connectivity index (χ3n) is 5.56. The molecule has 3 aromatic rings. The van der Waals surface area contributed by atoms with E-state index in [2.05, 4.69) is 15.5 Å². The summed E-state index contributed by atoms with van der Waals surface area (Å²) in [7, 11) is 0. The van der Waals surface area contributed by atoms with Gasteiger partial charge < -0.3 is 14.7 Å². The molecule has 3 heterocycles. The lowest BCUT2D eigenvalue weighted by molar-refractivity contribution is -0.139. The fourth-order valence-electron chi connectivity index (χ4n) is 3.79. The highest BCUT2D eigenvalue weighted by atomic mass is 19.4. The summed E-state index contributed by atoms with van der Waals surface area (Å²) >= 11 is 0. The summed E-state index contributed by atoms with van der Waals surface area (Å²) < 4.78 is 42.5. The lowest BCUT2D eigenvalue weighted by atomic mass is 9.95. The first-order valence-electron chi connectivity index (χ1n) is 10.2. The van der Waals surface area contributed by atoms with E-state index < -0.39 is 12.6 Å². The number of rotatable bonds is 5. The molecule has 0 bridgehead atoms. The minimum absolute atomic E-state index is 0.0168. The molecule has 0 saturated carbocycles. The Hall–Kier alpha value is -2.94. The molecule has 164 valence electrons. The van der Waals surface area contributed by atoms with Crippen LogP contribution < -0.4 is 5.32 Å². The SMILES string of the molecule is Cc1cc(-c2ccc3cnc(NC(=O)C4CCN(CCC(F)(F)F)CC4)cc3c2)on1. The number of piperidine rings is 1. The lowest BCUT2D eigenvalue weighted by Gasteiger charge is -2.31. The maximum Gasteiger partial charge on any atom is 0.390 e. The van der Waals surface area contributed by atoms with Crippen LogP contribution in [0.5, 0.6) is 0 Å². The lowest BCUT2D eigenvalue weighted by Crippen LogP contribution is -2.39. The Bertz CT molecular complexity index is 1070. The Kier molecular flexibility index (Phi) is 5.95. The number of aromatic nitrogens is 2. The van der Waals surface area contributed by atoms with Crippen LogP contribution in [0.3, 0.4) is 0 Å². The van der Waals surface area contributed by atoms with Crippen molar-refractivity contribution in [3.05, 3.63) is 42.2 Å². The van der Waals surface area contributed by atoms with Crippen molar-refractivity contribution in [1.29, 1.82) is 0 Å². The molecule has 4 rings (SSSR count). The van der Waals surface area contributed by atoms with Gasteiger partial charge in [0.25, 0.3) is 0 Å². The van der Waals surface area contributed by atoms with Crippen molar-refractivity contribution in [2.24, 2.45) is 5.92 Å². The minimum atomic E-state index is -4.15. The second kappa shape index (κ2) is 8.66. The van der Waals surface area contributed by atoms with E-state index in [1.54, 1.807) is 17.2 Å². The van der Waals surface area contributed by atoms with Crippen molar-refractivity contribution in [3.63, 3.8) is 0 Å². The van der Waals surface area contributed by atoms with Crippen molar-refractivity contribution < 1.29 is 22.5 Å². The van der Waals surface area contributed by atoms with E-state index in [4.69, 9.17) is 4.52 Å². The Balaban J connectivity index is 1.38. The first kappa shape index (κ1) is 21.3. The zero-order chi connectivity index (χ0) is 22.0. The number of carbonyl (C=O) groups excluding carboxylic acids is 1. The summed E-state index contributed by atoms with van der Waals surface area (Å²) in [6.07, 6.45) is -2.21. The second-order valence-electron chi connectivity index (χ2n) is 7.93. The minimum Gasteiger partial charge on any atom is -0.356 e. The van der Waals surface area contributed by atoms with Gasteiger partial charge in [-0.3, -0.25) is 4.79 Å². The summed E-state index contributed by atoms with van der Waals surface area (Å²) in [4.78, 5) is 18.7. The molecule has 9 heteroatoms. The van der Waals surface area contributed by atoms with E-state index in [1.165, 1.54) is 0 Å². The number of alkyl halides is 3. The molecular weight excluding hydrogens is 409 g/mol. The standard InChI is InChI=1S/C22H23F3N4O2/c1-14-10-19(31-28-14)16-2-3-17-13-26-20(12-18(17)11-16)27-21(30)15-4-7-29(8-5-15)9-6-22(23,24)25/h2-3,10-13,15H,4-9H2,1H3,(H,26,27,30). The Morgan fingerprint density at radius 2 is 1.97 bits per heavy atom. The van der Waals surface area contributed by atoms with E-state index in [1.807, 2.05) is 31.2 Å². The zero-order valence-corrected chi connectivity index (χ0v) is 17.1. The van der Waals surface area contributed by atoms with Crippen LogP contribution in [0.1, 0.15) is 25.0 Å². The van der Waals surface area contributed by atoms with E-state index in [-0.39, 0.29) is 18.4 Å². The highest BCUT2D eigenvalue weighted by Gasteiger charge is 2.30. The van der Waals surface area contributed by atoms with Gasteiger partial charge in [-0.25, -0.2) is 4.98 Å². The van der Waals surface area contributed by atoms with Crippen LogP contribution in [0, 0.1) is 12.8 Å². The predicted molar refractivity (Wildman–Crippen MR) is 110 cm³/mol. The van der Waals surface area contributed by atoms with E-state index >= 15 is 0 Å². The van der Waals surface area contributed by atoms with Gasteiger partial charge >= 0.3 is 6.18 Å². The number of hydrogen-bond acceptors (Lipinski definition) is 5. The third-order valence-corrected chi connectivity index (χ3v) is 5.56. The van der Waals surface area contributed by atoms with Gasteiger partial charge in [-0.05, 0) is 50.4 Å². The molecule has 1 saturated heterocycles. The number of amides is 1. The Labute approximate surface area is 177 Å². The number of pyridine rings is 1. The van der Waals surface area contributed by atoms with Gasteiger partial charge in [0, 0.05) is 35.7 Å². The molecule has 1 N–H and O–H groups in total. The molecule has 6 nitrogen and oxygen atoms in total. The number of nitrogens with one attached hydrogen (secondary N) is 1. The van der Waals surface area contributed by atoms with Gasteiger partial charge in [-0.1, -0.05) is 17.3 Å². The third kappa shape index (κ3) is 5.41. The molecule has 0 unspecified atom stereocenters. The van der Waals surface area contributed by atoms with Crippen LogP contribution in [-0.4, -0.2) is 46.8 Å². The molecule has 1 fully saturated rings. The summed E-state index contributed by atoms with van der Waals surface area (Å²) in [5, 5.41) is 8.59. The molecule has 0 aliphatic carbocycles. The molecule has 1 aliphatic heterocycles. The van der Waals surface area contributed by atoms with E-state index in [0.29, 0.717) is 37.5 Å². The highest BCUT2D eigenvalue weighted by molar-refractivity contribution is 5.95. The van der Waals surface area contributed by atoms with Crippen LogP contribution in [-0.2, 0) is 4.79 Å².